The molecule has 126 valence electrons. The van der Waals surface area contributed by atoms with Crippen LogP contribution in [0.4, 0.5) is 4.39 Å². The number of rotatable bonds is 6. The molecule has 0 aromatic heterocycles. The summed E-state index contributed by atoms with van der Waals surface area (Å²) in [6, 6.07) is 4.62. The zero-order chi connectivity index (χ0) is 16.8. The number of hydrogen-bond acceptors (Lipinski definition) is 4. The van der Waals surface area contributed by atoms with Gasteiger partial charge in [0.2, 0.25) is 5.91 Å². The van der Waals surface area contributed by atoms with Crippen molar-refractivity contribution in [3.05, 3.63) is 29.6 Å². The quantitative estimate of drug-likeness (QED) is 0.857. The Balaban J connectivity index is 1.86. The molecule has 1 fully saturated rings. The van der Waals surface area contributed by atoms with Crippen LogP contribution in [0.3, 0.4) is 0 Å². The molecule has 6 nitrogen and oxygen atoms in total. The van der Waals surface area contributed by atoms with Gasteiger partial charge in [-0.3, -0.25) is 9.59 Å². The molecule has 1 aromatic rings. The van der Waals surface area contributed by atoms with Crippen LogP contribution in [0.1, 0.15) is 18.4 Å². The van der Waals surface area contributed by atoms with Gasteiger partial charge in [0, 0.05) is 19.5 Å². The minimum Gasteiger partial charge on any atom is -0.494 e. The molecule has 1 amide bonds. The summed E-state index contributed by atoms with van der Waals surface area (Å²) in [6.45, 7) is 1.06. The summed E-state index contributed by atoms with van der Waals surface area (Å²) in [6.07, 6.45) is 0.0725. The van der Waals surface area contributed by atoms with Gasteiger partial charge in [0.25, 0.3) is 0 Å². The Kier molecular flexibility index (Phi) is 5.92. The molecule has 0 aliphatic carbocycles. The Morgan fingerprint density at radius 2 is 2.26 bits per heavy atom. The van der Waals surface area contributed by atoms with E-state index in [1.54, 1.807) is 11.0 Å². The van der Waals surface area contributed by atoms with Crippen molar-refractivity contribution in [3.8, 4) is 5.75 Å². The van der Waals surface area contributed by atoms with Crippen molar-refractivity contribution < 1.29 is 28.6 Å². The zero-order valence-corrected chi connectivity index (χ0v) is 13.0. The molecule has 7 heteroatoms. The minimum absolute atomic E-state index is 0.0834. The standard InChI is InChI=1S/C16H20FNO5/c1-22-14-4-2-11(8-13(14)17)3-5-15(19)18-6-7-23-12(10-18)9-16(20)21/h2,4,8,12H,3,5-7,9-10H2,1H3,(H,20,21)/t12-/m1/s1. The highest BCUT2D eigenvalue weighted by atomic mass is 19.1. The predicted molar refractivity (Wildman–Crippen MR) is 79.8 cm³/mol. The first-order chi connectivity index (χ1) is 11.0. The second kappa shape index (κ2) is 7.92. The van der Waals surface area contributed by atoms with Crippen LogP contribution in [-0.4, -0.2) is 54.8 Å². The van der Waals surface area contributed by atoms with Crippen molar-refractivity contribution in [3.63, 3.8) is 0 Å². The van der Waals surface area contributed by atoms with Crippen LogP contribution in [-0.2, 0) is 20.7 Å². The molecule has 0 radical (unpaired) electrons. The van der Waals surface area contributed by atoms with Crippen LogP contribution in [0.15, 0.2) is 18.2 Å². The third-order valence-corrected chi connectivity index (χ3v) is 3.74. The third kappa shape index (κ3) is 4.92. The van der Waals surface area contributed by atoms with Crippen molar-refractivity contribution in [1.82, 2.24) is 4.90 Å². The predicted octanol–water partition coefficient (Wildman–Crippen LogP) is 1.47. The fourth-order valence-corrected chi connectivity index (χ4v) is 2.54. The summed E-state index contributed by atoms with van der Waals surface area (Å²) >= 11 is 0. The van der Waals surface area contributed by atoms with E-state index in [0.717, 1.165) is 0 Å². The summed E-state index contributed by atoms with van der Waals surface area (Å²) in [4.78, 5) is 24.5. The number of aliphatic carboxylic acids is 1. The van der Waals surface area contributed by atoms with Gasteiger partial charge < -0.3 is 19.5 Å². The second-order valence-electron chi connectivity index (χ2n) is 5.40. The fourth-order valence-electron chi connectivity index (χ4n) is 2.54. The number of ether oxygens (including phenoxy) is 2. The van der Waals surface area contributed by atoms with E-state index in [-0.39, 0.29) is 31.0 Å². The monoisotopic (exact) mass is 325 g/mol. The molecule has 0 unspecified atom stereocenters. The van der Waals surface area contributed by atoms with Crippen molar-refractivity contribution in [2.75, 3.05) is 26.8 Å². The van der Waals surface area contributed by atoms with E-state index in [4.69, 9.17) is 14.6 Å². The number of amides is 1. The zero-order valence-electron chi connectivity index (χ0n) is 13.0. The van der Waals surface area contributed by atoms with E-state index < -0.39 is 17.9 Å². The molecule has 1 aromatic carbocycles. The fraction of sp³-hybridized carbons (Fsp3) is 0.500. The lowest BCUT2D eigenvalue weighted by Gasteiger charge is -2.32. The average Bonchev–Trinajstić information content (AvgIpc) is 2.52. The number of nitrogens with zero attached hydrogens (tertiary/aromatic N) is 1. The Bertz CT molecular complexity index is 578. The first-order valence-electron chi connectivity index (χ1n) is 7.43. The van der Waals surface area contributed by atoms with Crippen molar-refractivity contribution >= 4 is 11.9 Å². The van der Waals surface area contributed by atoms with Gasteiger partial charge in [0.05, 0.1) is 26.2 Å². The maximum atomic E-state index is 13.6. The summed E-state index contributed by atoms with van der Waals surface area (Å²) in [5.74, 6) is -1.31. The Hall–Kier alpha value is -2.15. The summed E-state index contributed by atoms with van der Waals surface area (Å²) in [5.41, 5.74) is 0.715. The van der Waals surface area contributed by atoms with E-state index >= 15 is 0 Å². The number of methoxy groups -OCH3 is 1. The first-order valence-corrected chi connectivity index (χ1v) is 7.43. The molecule has 23 heavy (non-hydrogen) atoms. The number of hydrogen-bond donors (Lipinski definition) is 1. The molecule has 1 aliphatic rings. The number of carbonyl (C=O) groups is 2. The van der Waals surface area contributed by atoms with E-state index in [0.29, 0.717) is 25.1 Å². The van der Waals surface area contributed by atoms with Crippen molar-refractivity contribution in [2.24, 2.45) is 0 Å². The average molecular weight is 325 g/mol. The van der Waals surface area contributed by atoms with Gasteiger partial charge >= 0.3 is 5.97 Å². The Morgan fingerprint density at radius 1 is 1.48 bits per heavy atom. The maximum Gasteiger partial charge on any atom is 0.306 e. The Labute approximate surface area is 133 Å². The van der Waals surface area contributed by atoms with Crippen LogP contribution in [0, 0.1) is 5.82 Å². The highest BCUT2D eigenvalue weighted by Gasteiger charge is 2.25. The van der Waals surface area contributed by atoms with Crippen LogP contribution in [0.5, 0.6) is 5.75 Å². The van der Waals surface area contributed by atoms with Crippen LogP contribution < -0.4 is 4.74 Å². The topological polar surface area (TPSA) is 76.1 Å². The lowest BCUT2D eigenvalue weighted by Crippen LogP contribution is -2.46. The molecule has 1 aliphatic heterocycles. The minimum atomic E-state index is -0.946. The van der Waals surface area contributed by atoms with Gasteiger partial charge in [-0.25, -0.2) is 4.39 Å². The lowest BCUT2D eigenvalue weighted by atomic mass is 10.1. The van der Waals surface area contributed by atoms with E-state index in [1.807, 2.05) is 0 Å². The van der Waals surface area contributed by atoms with E-state index in [9.17, 15) is 14.0 Å². The molecule has 1 N–H and O–H groups in total. The molecule has 1 heterocycles. The second-order valence-corrected chi connectivity index (χ2v) is 5.40. The summed E-state index contributed by atoms with van der Waals surface area (Å²) in [5, 5.41) is 8.78. The van der Waals surface area contributed by atoms with Crippen molar-refractivity contribution in [1.29, 1.82) is 0 Å². The van der Waals surface area contributed by atoms with Crippen LogP contribution in [0.2, 0.25) is 0 Å². The largest absolute Gasteiger partial charge is 0.494 e. The number of carboxylic acids is 1. The highest BCUT2D eigenvalue weighted by Crippen LogP contribution is 2.19. The molecule has 0 bridgehead atoms. The third-order valence-electron chi connectivity index (χ3n) is 3.74. The first kappa shape index (κ1) is 17.2. The van der Waals surface area contributed by atoms with E-state index in [2.05, 4.69) is 0 Å². The van der Waals surface area contributed by atoms with Gasteiger partial charge in [0.15, 0.2) is 11.6 Å². The maximum absolute atomic E-state index is 13.6. The number of halogens is 1. The smallest absolute Gasteiger partial charge is 0.306 e. The number of carboxylic acid groups (broad SMARTS) is 1. The lowest BCUT2D eigenvalue weighted by molar-refractivity contribution is -0.147. The normalized spacial score (nSPS) is 17.8. The van der Waals surface area contributed by atoms with Gasteiger partial charge in [-0.15, -0.1) is 0 Å². The van der Waals surface area contributed by atoms with E-state index in [1.165, 1.54) is 19.2 Å². The number of aryl methyl sites for hydroxylation is 1. The van der Waals surface area contributed by atoms with Gasteiger partial charge in [-0.2, -0.15) is 0 Å². The number of carbonyl (C=O) groups excluding carboxylic acids is 1. The molecule has 0 spiro atoms. The molecular weight excluding hydrogens is 305 g/mol. The molecule has 2 rings (SSSR count). The highest BCUT2D eigenvalue weighted by molar-refractivity contribution is 5.76. The number of benzene rings is 1. The Morgan fingerprint density at radius 3 is 2.91 bits per heavy atom. The molecule has 0 saturated carbocycles. The van der Waals surface area contributed by atoms with Gasteiger partial charge in [0.1, 0.15) is 0 Å². The molecule has 1 saturated heterocycles. The van der Waals surface area contributed by atoms with Crippen molar-refractivity contribution in [2.45, 2.75) is 25.4 Å². The summed E-state index contributed by atoms with van der Waals surface area (Å²) in [7, 11) is 1.40. The van der Waals surface area contributed by atoms with Crippen LogP contribution in [0.25, 0.3) is 0 Å². The molecular formula is C16H20FNO5. The van der Waals surface area contributed by atoms with Gasteiger partial charge in [-0.05, 0) is 24.1 Å². The molecule has 1 atom stereocenters. The summed E-state index contributed by atoms with van der Waals surface area (Å²) < 4.78 is 23.8. The van der Waals surface area contributed by atoms with Crippen LogP contribution >= 0.6 is 0 Å². The SMILES string of the molecule is COc1ccc(CCC(=O)N2CCO[C@H](CC(=O)O)C2)cc1F. The van der Waals surface area contributed by atoms with Gasteiger partial charge in [-0.1, -0.05) is 6.07 Å². The number of morpholine rings is 1.